The minimum absolute atomic E-state index is 0.0857. The van der Waals surface area contributed by atoms with Crippen LogP contribution in [0.25, 0.3) is 6.08 Å². The van der Waals surface area contributed by atoms with Crippen LogP contribution in [-0.4, -0.2) is 12.5 Å². The zero-order valence-electron chi connectivity index (χ0n) is 16.6. The lowest BCUT2D eigenvalue weighted by Gasteiger charge is -2.09. The van der Waals surface area contributed by atoms with E-state index in [1.54, 1.807) is 48.5 Å². The number of carbonyl (C=O) groups is 1. The fraction of sp³-hybridized carbons (Fsp3) is 0.0800. The maximum atomic E-state index is 12.5. The molecule has 6 heteroatoms. The van der Waals surface area contributed by atoms with Crippen LogP contribution in [0.1, 0.15) is 11.1 Å². The van der Waals surface area contributed by atoms with Gasteiger partial charge in [0.2, 0.25) is 0 Å². The quantitative estimate of drug-likeness (QED) is 0.429. The smallest absolute Gasteiger partial charge is 0.266 e. The summed E-state index contributed by atoms with van der Waals surface area (Å²) in [4.78, 5) is 12.5. The monoisotopic (exact) mass is 409 g/mol. The van der Waals surface area contributed by atoms with E-state index in [0.717, 1.165) is 5.56 Å². The molecule has 0 unspecified atom stereocenters. The number of nitriles is 2. The number of hydrogen-bond acceptors (Lipinski definition) is 5. The standard InChI is InChI=1S/C25H19N3O3/c26-14-15-30-24-9-5-4-8-20(24)16-21(17-27)25(29)28-22-10-12-23(13-11-22)31-18-19-6-2-1-3-7-19/h1-13,16H,15,18H2,(H,28,29)/b21-16+. The zero-order valence-corrected chi connectivity index (χ0v) is 16.6. The highest BCUT2D eigenvalue weighted by atomic mass is 16.5. The number of benzene rings is 3. The fourth-order valence-electron chi connectivity index (χ4n) is 2.72. The first kappa shape index (κ1) is 21.2. The van der Waals surface area contributed by atoms with Crippen LogP contribution in [0, 0.1) is 22.7 Å². The first-order valence-electron chi connectivity index (χ1n) is 9.48. The number of hydrogen-bond donors (Lipinski definition) is 1. The first-order valence-corrected chi connectivity index (χ1v) is 9.48. The third kappa shape index (κ3) is 6.22. The Labute approximate surface area is 180 Å². The van der Waals surface area contributed by atoms with E-state index in [2.05, 4.69) is 5.32 Å². The summed E-state index contributed by atoms with van der Waals surface area (Å²) in [5.74, 6) is 0.543. The number of ether oxygens (including phenoxy) is 2. The van der Waals surface area contributed by atoms with Gasteiger partial charge in [0.15, 0.2) is 6.61 Å². The molecule has 0 radical (unpaired) electrons. The summed E-state index contributed by atoms with van der Waals surface area (Å²) in [5, 5.41) is 20.8. The summed E-state index contributed by atoms with van der Waals surface area (Å²) in [6.07, 6.45) is 1.43. The Balaban J connectivity index is 1.65. The third-order valence-corrected chi connectivity index (χ3v) is 4.24. The molecule has 0 atom stereocenters. The van der Waals surface area contributed by atoms with E-state index in [1.807, 2.05) is 42.5 Å². The SMILES string of the molecule is N#CCOc1ccccc1/C=C(\C#N)C(=O)Nc1ccc(OCc2ccccc2)cc1. The van der Waals surface area contributed by atoms with Crippen molar-refractivity contribution in [1.29, 1.82) is 10.5 Å². The molecule has 31 heavy (non-hydrogen) atoms. The van der Waals surface area contributed by atoms with Crippen LogP contribution in [0.3, 0.4) is 0 Å². The number of anilines is 1. The maximum absolute atomic E-state index is 12.5. The maximum Gasteiger partial charge on any atom is 0.266 e. The van der Waals surface area contributed by atoms with E-state index in [0.29, 0.717) is 29.4 Å². The Hall–Kier alpha value is -4.55. The van der Waals surface area contributed by atoms with Gasteiger partial charge in [0, 0.05) is 11.3 Å². The Kier molecular flexibility index (Phi) is 7.41. The highest BCUT2D eigenvalue weighted by Gasteiger charge is 2.11. The van der Waals surface area contributed by atoms with Gasteiger partial charge in [-0.3, -0.25) is 4.79 Å². The van der Waals surface area contributed by atoms with Gasteiger partial charge in [-0.1, -0.05) is 48.5 Å². The second kappa shape index (κ2) is 10.8. The molecule has 1 N–H and O–H groups in total. The molecule has 0 saturated carbocycles. The van der Waals surface area contributed by atoms with Gasteiger partial charge >= 0.3 is 0 Å². The molecular formula is C25H19N3O3. The van der Waals surface area contributed by atoms with Crippen molar-refractivity contribution in [2.24, 2.45) is 0 Å². The summed E-state index contributed by atoms with van der Waals surface area (Å²) < 4.78 is 11.1. The highest BCUT2D eigenvalue weighted by Crippen LogP contribution is 2.22. The van der Waals surface area contributed by atoms with E-state index in [1.165, 1.54) is 6.08 Å². The molecule has 0 aliphatic rings. The van der Waals surface area contributed by atoms with Crippen LogP contribution >= 0.6 is 0 Å². The minimum Gasteiger partial charge on any atom is -0.489 e. The van der Waals surface area contributed by atoms with Crippen LogP contribution in [-0.2, 0) is 11.4 Å². The Bertz CT molecular complexity index is 1140. The third-order valence-electron chi connectivity index (χ3n) is 4.24. The molecule has 0 aliphatic heterocycles. The van der Waals surface area contributed by atoms with Gasteiger partial charge in [-0.15, -0.1) is 0 Å². The number of nitrogens with one attached hydrogen (secondary N) is 1. The fourth-order valence-corrected chi connectivity index (χ4v) is 2.72. The van der Waals surface area contributed by atoms with Crippen LogP contribution in [0.15, 0.2) is 84.4 Å². The molecule has 0 aliphatic carbocycles. The summed E-state index contributed by atoms with van der Waals surface area (Å²) in [6, 6.07) is 27.4. The molecule has 0 heterocycles. The van der Waals surface area contributed by atoms with Crippen molar-refractivity contribution in [2.75, 3.05) is 11.9 Å². The van der Waals surface area contributed by atoms with E-state index in [9.17, 15) is 10.1 Å². The molecule has 152 valence electrons. The molecule has 0 aromatic heterocycles. The van der Waals surface area contributed by atoms with E-state index < -0.39 is 5.91 Å². The van der Waals surface area contributed by atoms with E-state index in [-0.39, 0.29) is 12.2 Å². The summed E-state index contributed by atoms with van der Waals surface area (Å²) in [6.45, 7) is 0.318. The van der Waals surface area contributed by atoms with Crippen LogP contribution in [0.5, 0.6) is 11.5 Å². The molecule has 3 rings (SSSR count). The molecule has 3 aromatic rings. The Morgan fingerprint density at radius 1 is 0.903 bits per heavy atom. The van der Waals surface area contributed by atoms with Crippen molar-refractivity contribution >= 4 is 17.7 Å². The molecule has 0 saturated heterocycles. The number of nitrogens with zero attached hydrogens (tertiary/aromatic N) is 2. The average molecular weight is 409 g/mol. The van der Waals surface area contributed by atoms with Crippen LogP contribution < -0.4 is 14.8 Å². The van der Waals surface area contributed by atoms with Crippen molar-refractivity contribution in [2.45, 2.75) is 6.61 Å². The number of amides is 1. The number of para-hydroxylation sites is 1. The van der Waals surface area contributed by atoms with Crippen molar-refractivity contribution in [3.05, 3.63) is 95.6 Å². The second-order valence-electron chi connectivity index (χ2n) is 6.41. The van der Waals surface area contributed by atoms with Crippen LogP contribution in [0.4, 0.5) is 5.69 Å². The molecular weight excluding hydrogens is 390 g/mol. The molecule has 0 spiro atoms. The highest BCUT2D eigenvalue weighted by molar-refractivity contribution is 6.09. The largest absolute Gasteiger partial charge is 0.489 e. The summed E-state index contributed by atoms with van der Waals surface area (Å²) >= 11 is 0. The van der Waals surface area contributed by atoms with Gasteiger partial charge in [-0.05, 0) is 42.0 Å². The molecule has 3 aromatic carbocycles. The normalized spacial score (nSPS) is 10.5. The zero-order chi connectivity index (χ0) is 21.9. The van der Waals surface area contributed by atoms with Gasteiger partial charge in [0.1, 0.15) is 35.8 Å². The Morgan fingerprint density at radius 3 is 2.32 bits per heavy atom. The van der Waals surface area contributed by atoms with E-state index >= 15 is 0 Å². The van der Waals surface area contributed by atoms with Gasteiger partial charge < -0.3 is 14.8 Å². The van der Waals surface area contributed by atoms with Gasteiger partial charge in [-0.25, -0.2) is 0 Å². The topological polar surface area (TPSA) is 95.1 Å². The van der Waals surface area contributed by atoms with Crippen molar-refractivity contribution in [3.63, 3.8) is 0 Å². The van der Waals surface area contributed by atoms with Crippen molar-refractivity contribution in [3.8, 4) is 23.6 Å². The summed E-state index contributed by atoms with van der Waals surface area (Å²) in [5.41, 5.74) is 2.04. The molecule has 6 nitrogen and oxygen atoms in total. The predicted molar refractivity (Wildman–Crippen MR) is 117 cm³/mol. The lowest BCUT2D eigenvalue weighted by atomic mass is 10.1. The molecule has 0 bridgehead atoms. The number of rotatable bonds is 8. The van der Waals surface area contributed by atoms with Gasteiger partial charge in [0.25, 0.3) is 5.91 Å². The lowest BCUT2D eigenvalue weighted by molar-refractivity contribution is -0.112. The minimum atomic E-state index is -0.546. The van der Waals surface area contributed by atoms with Crippen molar-refractivity contribution in [1.82, 2.24) is 0 Å². The Morgan fingerprint density at radius 2 is 1.61 bits per heavy atom. The summed E-state index contributed by atoms with van der Waals surface area (Å²) in [7, 11) is 0. The van der Waals surface area contributed by atoms with Crippen molar-refractivity contribution < 1.29 is 14.3 Å². The lowest BCUT2D eigenvalue weighted by Crippen LogP contribution is -2.13. The molecule has 1 amide bonds. The van der Waals surface area contributed by atoms with E-state index in [4.69, 9.17) is 14.7 Å². The number of carbonyl (C=O) groups excluding carboxylic acids is 1. The second-order valence-corrected chi connectivity index (χ2v) is 6.41. The van der Waals surface area contributed by atoms with Gasteiger partial charge in [-0.2, -0.15) is 10.5 Å². The first-order chi connectivity index (χ1) is 15.2. The van der Waals surface area contributed by atoms with Gasteiger partial charge in [0.05, 0.1) is 0 Å². The van der Waals surface area contributed by atoms with Crippen LogP contribution in [0.2, 0.25) is 0 Å². The predicted octanol–water partition coefficient (Wildman–Crippen LogP) is 4.71. The molecule has 0 fully saturated rings. The average Bonchev–Trinajstić information content (AvgIpc) is 2.82.